The van der Waals surface area contributed by atoms with E-state index in [0.717, 1.165) is 6.07 Å². The van der Waals surface area contributed by atoms with E-state index >= 15 is 0 Å². The van der Waals surface area contributed by atoms with Gasteiger partial charge in [0, 0.05) is 11.6 Å². The molecule has 0 bridgehead atoms. The van der Waals surface area contributed by atoms with Crippen LogP contribution in [0.4, 0.5) is 59.7 Å². The highest BCUT2D eigenvalue weighted by molar-refractivity contribution is 5.76. The van der Waals surface area contributed by atoms with Gasteiger partial charge in [-0.05, 0) is 31.0 Å². The predicted octanol–water partition coefficient (Wildman–Crippen LogP) is 7.94. The van der Waals surface area contributed by atoms with Crippen molar-refractivity contribution in [3.63, 3.8) is 0 Å². The van der Waals surface area contributed by atoms with Crippen LogP contribution in [0.5, 0.6) is 0 Å². The fourth-order valence-electron chi connectivity index (χ4n) is 2.72. The predicted molar refractivity (Wildman–Crippen MR) is 110 cm³/mol. The van der Waals surface area contributed by atoms with Gasteiger partial charge in [0.25, 0.3) is 0 Å². The van der Waals surface area contributed by atoms with Crippen LogP contribution >= 0.6 is 0 Å². The van der Waals surface area contributed by atoms with Crippen LogP contribution in [0.3, 0.4) is 0 Å². The molecule has 5 nitrogen and oxygen atoms in total. The molecule has 1 N–H and O–H groups in total. The highest BCUT2D eigenvalue weighted by Gasteiger charge is 2.73. The zero-order valence-electron chi connectivity index (χ0n) is 19.3. The molecule has 0 aliphatic rings. The van der Waals surface area contributed by atoms with E-state index in [4.69, 9.17) is 0 Å². The molecule has 2 rings (SSSR count). The Bertz CT molecular complexity index is 1080. The smallest absolute Gasteiger partial charge is 0.328 e. The molecule has 1 amide bonds. The number of carbonyl (C=O) groups is 1. The van der Waals surface area contributed by atoms with Gasteiger partial charge in [0.15, 0.2) is 0 Å². The minimum Gasteiger partial charge on any atom is -0.328 e. The number of alkyl halides is 10. The average molecular weight is 556 g/mol. The summed E-state index contributed by atoms with van der Waals surface area (Å²) in [5.41, 5.74) is -12.4. The van der Waals surface area contributed by atoms with Gasteiger partial charge >= 0.3 is 29.9 Å². The van der Waals surface area contributed by atoms with Crippen LogP contribution in [-0.2, 0) is 16.6 Å². The van der Waals surface area contributed by atoms with E-state index in [1.54, 1.807) is 0 Å². The Morgan fingerprint density at radius 2 is 1.35 bits per heavy atom. The fourth-order valence-corrected chi connectivity index (χ4v) is 2.72. The monoisotopic (exact) mass is 556 g/mol. The largest absolute Gasteiger partial charge is 0.435 e. The summed E-state index contributed by atoms with van der Waals surface area (Å²) in [6.07, 6.45) is -18.8. The zero-order chi connectivity index (χ0) is 29.6. The lowest BCUT2D eigenvalue weighted by Gasteiger charge is -2.31. The number of halogens is 11. The molecular weight excluding hydrogens is 537 g/mol. The van der Waals surface area contributed by atoms with Gasteiger partial charge in [0.05, 0.1) is 16.2 Å². The summed E-state index contributed by atoms with van der Waals surface area (Å²) in [6, 6.07) is 3.41. The molecule has 2 aromatic rings. The van der Waals surface area contributed by atoms with Crippen molar-refractivity contribution >= 4 is 17.8 Å². The first-order valence-corrected chi connectivity index (χ1v) is 9.84. The number of nitrogens with one attached hydrogen (secondary N) is 1. The summed E-state index contributed by atoms with van der Waals surface area (Å²) in [7, 11) is 0. The van der Waals surface area contributed by atoms with Crippen molar-refractivity contribution in [3.8, 4) is 0 Å². The van der Waals surface area contributed by atoms with Crippen molar-refractivity contribution in [2.45, 2.75) is 51.9 Å². The van der Waals surface area contributed by atoms with Crippen molar-refractivity contribution in [2.24, 2.45) is 0 Å². The van der Waals surface area contributed by atoms with E-state index in [1.165, 1.54) is 24.4 Å². The summed E-state index contributed by atoms with van der Waals surface area (Å²) >= 11 is 0. The highest BCUT2D eigenvalue weighted by Crippen LogP contribution is 2.54. The molecule has 0 aromatic heterocycles. The van der Waals surface area contributed by atoms with E-state index < -0.39 is 69.1 Å². The van der Waals surface area contributed by atoms with Crippen LogP contribution in [0.25, 0.3) is 0 Å². The number of nitro benzene ring substituents is 1. The topological polar surface area (TPSA) is 72.2 Å². The van der Waals surface area contributed by atoms with Gasteiger partial charge in [0.1, 0.15) is 0 Å². The molecule has 0 heterocycles. The molecule has 0 saturated heterocycles. The van der Waals surface area contributed by atoms with Crippen LogP contribution in [0.1, 0.15) is 36.1 Å². The molecule has 0 fully saturated rings. The second kappa shape index (κ2) is 12.2. The number of hydrogen-bond donors (Lipinski definition) is 1. The fraction of sp³-hybridized carbons (Fsp3) is 0.381. The molecule has 0 aliphatic carbocycles. The molecule has 0 atom stereocenters. The first kappa shape index (κ1) is 33.5. The molecule has 2 aromatic carbocycles. The number of carbonyl (C=O) groups excluding carboxylic acids is 1. The lowest BCUT2D eigenvalue weighted by Crippen LogP contribution is -2.50. The number of anilines is 1. The molecular formula is C21H19F11N2O3. The van der Waals surface area contributed by atoms with Gasteiger partial charge in [0.2, 0.25) is 12.2 Å². The maximum absolute atomic E-state index is 13.9. The van der Waals surface area contributed by atoms with Crippen molar-refractivity contribution in [3.05, 3.63) is 68.5 Å². The second-order valence-corrected chi connectivity index (χ2v) is 6.79. The van der Waals surface area contributed by atoms with E-state index in [-0.39, 0.29) is 12.5 Å². The Kier molecular flexibility index (Phi) is 11.0. The van der Waals surface area contributed by atoms with E-state index in [1.807, 2.05) is 13.8 Å². The summed E-state index contributed by atoms with van der Waals surface area (Å²) in [6.45, 7) is 6.18. The number of nitro groups is 1. The molecule has 0 saturated carbocycles. The lowest BCUT2D eigenvalue weighted by molar-refractivity contribution is -0.387. The molecule has 0 unspecified atom stereocenters. The number of nitrogens with zero attached hydrogens (tertiary/aromatic N) is 1. The van der Waals surface area contributed by atoms with Crippen molar-refractivity contribution in [2.75, 3.05) is 5.32 Å². The molecule has 16 heteroatoms. The van der Waals surface area contributed by atoms with Crippen LogP contribution in [0, 0.1) is 29.8 Å². The second-order valence-electron chi connectivity index (χ2n) is 6.79. The number of benzene rings is 2. The molecule has 0 radical (unpaired) electrons. The first-order valence-electron chi connectivity index (χ1n) is 9.84. The third-order valence-electron chi connectivity index (χ3n) is 4.39. The van der Waals surface area contributed by atoms with Gasteiger partial charge in [-0.1, -0.05) is 32.0 Å². The Morgan fingerprint density at radius 3 is 1.70 bits per heavy atom. The Labute approximate surface area is 202 Å². The maximum atomic E-state index is 13.9. The van der Waals surface area contributed by atoms with Crippen molar-refractivity contribution < 1.29 is 58.0 Å². The van der Waals surface area contributed by atoms with Gasteiger partial charge in [-0.3, -0.25) is 14.9 Å². The van der Waals surface area contributed by atoms with E-state index in [9.17, 15) is 63.2 Å². The van der Waals surface area contributed by atoms with Gasteiger partial charge < -0.3 is 5.32 Å². The average Bonchev–Trinajstić information content (AvgIpc) is 2.75. The number of hydrogen-bond acceptors (Lipinski definition) is 3. The lowest BCUT2D eigenvalue weighted by atomic mass is 9.90. The number of amides is 1. The van der Waals surface area contributed by atoms with E-state index in [2.05, 4.69) is 0 Å². The Balaban J connectivity index is 0.000000827. The third kappa shape index (κ3) is 7.52. The molecule has 0 spiro atoms. The Morgan fingerprint density at radius 1 is 0.865 bits per heavy atom. The first-order chi connectivity index (χ1) is 16.7. The summed E-state index contributed by atoms with van der Waals surface area (Å²) in [5, 5.41) is 11.7. The summed E-state index contributed by atoms with van der Waals surface area (Å²) in [4.78, 5) is 19.7. The summed E-state index contributed by atoms with van der Waals surface area (Å²) in [5.74, 6) is -0.752. The summed E-state index contributed by atoms with van der Waals surface area (Å²) < 4.78 is 141. The van der Waals surface area contributed by atoms with E-state index in [0.29, 0.717) is 12.5 Å². The minimum absolute atomic E-state index is 0.0535. The standard InChI is InChI=1S/C12H7F10NO.C7H6FNO2.C2H6/c1-5-2-6(9(13,11(17,18)19)12(20,21)22)3-7(10(14,15)16)8(5)23-4-24;1-5-3-2-4-6(7(5)8)9(10)11;1-2/h2-4H,1H3,(H,23,24);2-4H,1H3;1-2H3. The van der Waals surface area contributed by atoms with Crippen LogP contribution in [0.2, 0.25) is 0 Å². The van der Waals surface area contributed by atoms with Gasteiger partial charge in [-0.25, -0.2) is 4.39 Å². The van der Waals surface area contributed by atoms with Crippen molar-refractivity contribution in [1.29, 1.82) is 0 Å². The highest BCUT2D eigenvalue weighted by atomic mass is 19.4. The molecule has 37 heavy (non-hydrogen) atoms. The van der Waals surface area contributed by atoms with Gasteiger partial charge in [-0.2, -0.15) is 43.9 Å². The molecule has 208 valence electrons. The van der Waals surface area contributed by atoms with Crippen LogP contribution < -0.4 is 5.32 Å². The van der Waals surface area contributed by atoms with Crippen molar-refractivity contribution in [1.82, 2.24) is 0 Å². The zero-order valence-corrected chi connectivity index (χ0v) is 19.3. The van der Waals surface area contributed by atoms with Crippen LogP contribution in [0.15, 0.2) is 30.3 Å². The SMILES string of the molecule is CC.Cc1cc(C(F)(C(F)(F)F)C(F)(F)F)cc(C(F)(F)F)c1NC=O.Cc1cccc([N+](=O)[O-])c1F. The number of aryl methyl sites for hydroxylation is 2. The van der Waals surface area contributed by atoms with Crippen LogP contribution in [-0.4, -0.2) is 23.7 Å². The molecule has 0 aliphatic heterocycles. The van der Waals surface area contributed by atoms with Gasteiger partial charge in [-0.15, -0.1) is 0 Å². The minimum atomic E-state index is -6.56. The Hall–Kier alpha value is -3.46. The maximum Gasteiger partial charge on any atom is 0.435 e. The normalized spacial score (nSPS) is 12.0. The third-order valence-corrected chi connectivity index (χ3v) is 4.39. The number of rotatable bonds is 4. The quantitative estimate of drug-likeness (QED) is 0.180.